The number of rotatable bonds is 5. The fourth-order valence-electron chi connectivity index (χ4n) is 3.55. The van der Waals surface area contributed by atoms with Gasteiger partial charge in [0.15, 0.2) is 11.5 Å². The highest BCUT2D eigenvalue weighted by Gasteiger charge is 2.26. The van der Waals surface area contributed by atoms with Crippen molar-refractivity contribution >= 4 is 5.91 Å². The fourth-order valence-corrected chi connectivity index (χ4v) is 3.55. The normalized spacial score (nSPS) is 17.7. The number of hydrogen-bond acceptors (Lipinski definition) is 6. The largest absolute Gasteiger partial charge is 0.491 e. The Balaban J connectivity index is 1.19. The van der Waals surface area contributed by atoms with Gasteiger partial charge < -0.3 is 23.8 Å². The second-order valence-corrected chi connectivity index (χ2v) is 7.12. The average molecular weight is 407 g/mol. The zero-order chi connectivity index (χ0) is 20.3. The Morgan fingerprint density at radius 1 is 1.13 bits per heavy atom. The fraction of sp³-hybridized carbons (Fsp3) is 0.273. The van der Waals surface area contributed by atoms with Crippen molar-refractivity contribution in [2.24, 2.45) is 0 Å². The standard InChI is InChI=1S/C22H21N3O5/c26-22(16-3-1-15(2-4-16)19-7-8-23-24-19)25-9-10-27-18(12-25)13-28-17-5-6-20-21(11-17)30-14-29-20/h1-8,11,18H,9-10,12-14H2,(H,23,24). The Morgan fingerprint density at radius 3 is 2.83 bits per heavy atom. The summed E-state index contributed by atoms with van der Waals surface area (Å²) in [6, 6.07) is 14.9. The quantitative estimate of drug-likeness (QED) is 0.700. The minimum absolute atomic E-state index is 0.0115. The topological polar surface area (TPSA) is 85.9 Å². The molecule has 1 amide bonds. The number of aromatic nitrogens is 2. The molecule has 1 fully saturated rings. The molecule has 3 heterocycles. The molecule has 2 aliphatic rings. The van der Waals surface area contributed by atoms with Gasteiger partial charge in [-0.3, -0.25) is 9.89 Å². The van der Waals surface area contributed by atoms with E-state index < -0.39 is 0 Å². The number of benzene rings is 2. The van der Waals surface area contributed by atoms with E-state index >= 15 is 0 Å². The zero-order valence-electron chi connectivity index (χ0n) is 16.2. The lowest BCUT2D eigenvalue weighted by molar-refractivity contribution is -0.0401. The van der Waals surface area contributed by atoms with Crippen LogP contribution >= 0.6 is 0 Å². The lowest BCUT2D eigenvalue weighted by Crippen LogP contribution is -2.47. The van der Waals surface area contributed by atoms with Crippen LogP contribution in [-0.2, 0) is 4.74 Å². The number of carbonyl (C=O) groups is 1. The van der Waals surface area contributed by atoms with Gasteiger partial charge in [-0.15, -0.1) is 0 Å². The Bertz CT molecular complexity index is 1020. The van der Waals surface area contributed by atoms with Gasteiger partial charge in [-0.25, -0.2) is 0 Å². The van der Waals surface area contributed by atoms with Crippen molar-refractivity contribution in [3.63, 3.8) is 0 Å². The van der Waals surface area contributed by atoms with Crippen LogP contribution in [0, 0.1) is 0 Å². The highest BCUT2D eigenvalue weighted by molar-refractivity contribution is 5.94. The molecule has 0 spiro atoms. The van der Waals surface area contributed by atoms with Crippen molar-refractivity contribution in [3.8, 4) is 28.5 Å². The molecular weight excluding hydrogens is 386 g/mol. The monoisotopic (exact) mass is 407 g/mol. The Labute approximate surface area is 173 Å². The average Bonchev–Trinajstić information content (AvgIpc) is 3.49. The summed E-state index contributed by atoms with van der Waals surface area (Å²) in [4.78, 5) is 14.7. The molecule has 0 bridgehead atoms. The third-order valence-electron chi connectivity index (χ3n) is 5.15. The van der Waals surface area contributed by atoms with Gasteiger partial charge in [0.2, 0.25) is 6.79 Å². The van der Waals surface area contributed by atoms with E-state index in [2.05, 4.69) is 10.2 Å². The molecule has 5 rings (SSSR count). The van der Waals surface area contributed by atoms with Crippen LogP contribution in [0.15, 0.2) is 54.7 Å². The number of nitrogens with one attached hydrogen (secondary N) is 1. The van der Waals surface area contributed by atoms with Gasteiger partial charge in [-0.2, -0.15) is 5.10 Å². The molecule has 2 aromatic carbocycles. The van der Waals surface area contributed by atoms with Crippen LogP contribution in [0.4, 0.5) is 0 Å². The van der Waals surface area contributed by atoms with Gasteiger partial charge in [0.05, 0.1) is 18.8 Å². The molecule has 8 heteroatoms. The van der Waals surface area contributed by atoms with Crippen molar-refractivity contribution < 1.29 is 23.7 Å². The molecular formula is C22H21N3O5. The number of fused-ring (bicyclic) bond motifs is 1. The number of hydrogen-bond donors (Lipinski definition) is 1. The Morgan fingerprint density at radius 2 is 2.00 bits per heavy atom. The predicted octanol–water partition coefficient (Wildman–Crippen LogP) is 2.73. The van der Waals surface area contributed by atoms with Crippen molar-refractivity contribution in [2.45, 2.75) is 6.10 Å². The minimum Gasteiger partial charge on any atom is -0.491 e. The molecule has 1 aromatic heterocycles. The van der Waals surface area contributed by atoms with Gasteiger partial charge in [0.25, 0.3) is 5.91 Å². The van der Waals surface area contributed by atoms with Crippen LogP contribution in [0.5, 0.6) is 17.2 Å². The lowest BCUT2D eigenvalue weighted by atomic mass is 10.1. The third kappa shape index (κ3) is 3.81. The first-order valence-corrected chi connectivity index (χ1v) is 9.79. The van der Waals surface area contributed by atoms with Gasteiger partial charge >= 0.3 is 0 Å². The summed E-state index contributed by atoms with van der Waals surface area (Å²) in [5, 5.41) is 6.88. The van der Waals surface area contributed by atoms with Crippen LogP contribution in [0.1, 0.15) is 10.4 Å². The number of nitrogens with zero attached hydrogens (tertiary/aromatic N) is 2. The first-order valence-electron chi connectivity index (χ1n) is 9.79. The molecule has 30 heavy (non-hydrogen) atoms. The van der Waals surface area contributed by atoms with Crippen molar-refractivity contribution in [1.29, 1.82) is 0 Å². The van der Waals surface area contributed by atoms with E-state index in [-0.39, 0.29) is 18.8 Å². The van der Waals surface area contributed by atoms with Crippen LogP contribution < -0.4 is 14.2 Å². The number of morpholine rings is 1. The van der Waals surface area contributed by atoms with E-state index in [4.69, 9.17) is 18.9 Å². The van der Waals surface area contributed by atoms with Crippen LogP contribution in [0.3, 0.4) is 0 Å². The van der Waals surface area contributed by atoms with Crippen molar-refractivity contribution in [3.05, 3.63) is 60.3 Å². The molecule has 1 unspecified atom stereocenters. The van der Waals surface area contributed by atoms with Gasteiger partial charge in [0.1, 0.15) is 18.5 Å². The van der Waals surface area contributed by atoms with E-state index in [1.54, 1.807) is 12.3 Å². The minimum atomic E-state index is -0.197. The summed E-state index contributed by atoms with van der Waals surface area (Å²) in [6.45, 7) is 2.09. The molecule has 8 nitrogen and oxygen atoms in total. The van der Waals surface area contributed by atoms with Crippen molar-refractivity contribution in [2.75, 3.05) is 33.1 Å². The summed E-state index contributed by atoms with van der Waals surface area (Å²) in [5.41, 5.74) is 2.55. The van der Waals surface area contributed by atoms with Crippen LogP contribution in [0.2, 0.25) is 0 Å². The summed E-state index contributed by atoms with van der Waals surface area (Å²) < 4.78 is 22.3. The molecule has 1 N–H and O–H groups in total. The molecule has 1 atom stereocenters. The second-order valence-electron chi connectivity index (χ2n) is 7.12. The van der Waals surface area contributed by atoms with E-state index in [9.17, 15) is 4.79 Å². The second kappa shape index (κ2) is 8.08. The summed E-state index contributed by atoms with van der Waals surface area (Å²) in [5.74, 6) is 2.06. The molecule has 0 saturated carbocycles. The highest BCUT2D eigenvalue weighted by atomic mass is 16.7. The maximum atomic E-state index is 12.9. The third-order valence-corrected chi connectivity index (χ3v) is 5.15. The number of amides is 1. The van der Waals surface area contributed by atoms with E-state index in [0.29, 0.717) is 49.1 Å². The number of carbonyl (C=O) groups excluding carboxylic acids is 1. The van der Waals surface area contributed by atoms with Gasteiger partial charge in [0, 0.05) is 24.4 Å². The maximum Gasteiger partial charge on any atom is 0.254 e. The van der Waals surface area contributed by atoms with Crippen LogP contribution in [-0.4, -0.2) is 60.2 Å². The molecule has 3 aromatic rings. The molecule has 0 aliphatic carbocycles. The summed E-state index contributed by atoms with van der Waals surface area (Å²) in [6.07, 6.45) is 1.51. The van der Waals surface area contributed by atoms with Crippen LogP contribution in [0.25, 0.3) is 11.3 Å². The molecule has 1 saturated heterocycles. The predicted molar refractivity (Wildman–Crippen MR) is 108 cm³/mol. The highest BCUT2D eigenvalue weighted by Crippen LogP contribution is 2.35. The lowest BCUT2D eigenvalue weighted by Gasteiger charge is -2.33. The first-order chi connectivity index (χ1) is 14.8. The van der Waals surface area contributed by atoms with E-state index in [1.807, 2.05) is 47.4 Å². The smallest absolute Gasteiger partial charge is 0.254 e. The molecule has 0 radical (unpaired) electrons. The molecule has 154 valence electrons. The number of aromatic amines is 1. The van der Waals surface area contributed by atoms with E-state index in [0.717, 1.165) is 11.3 Å². The van der Waals surface area contributed by atoms with Crippen molar-refractivity contribution in [1.82, 2.24) is 15.1 Å². The summed E-state index contributed by atoms with van der Waals surface area (Å²) in [7, 11) is 0. The van der Waals surface area contributed by atoms with E-state index in [1.165, 1.54) is 0 Å². The number of H-pyrrole nitrogens is 1. The maximum absolute atomic E-state index is 12.9. The Kier molecular flexibility index (Phi) is 4.98. The van der Waals surface area contributed by atoms with Gasteiger partial charge in [-0.1, -0.05) is 12.1 Å². The zero-order valence-corrected chi connectivity index (χ0v) is 16.2. The summed E-state index contributed by atoms with van der Waals surface area (Å²) >= 11 is 0. The SMILES string of the molecule is O=C(c1ccc(-c2ccn[nH]2)cc1)N1CCOC(COc2ccc3c(c2)OCO3)C1. The Hall–Kier alpha value is -3.52. The number of ether oxygens (including phenoxy) is 4. The molecule has 2 aliphatic heterocycles. The first kappa shape index (κ1) is 18.5. The van der Waals surface area contributed by atoms with Gasteiger partial charge in [-0.05, 0) is 35.9 Å².